The maximum Gasteiger partial charge on any atom is 0.150 e. The van der Waals surface area contributed by atoms with Gasteiger partial charge in [0.2, 0.25) is 0 Å². The van der Waals surface area contributed by atoms with E-state index >= 15 is 0 Å². The van der Waals surface area contributed by atoms with Gasteiger partial charge in [0.25, 0.3) is 0 Å². The minimum atomic E-state index is -0.0135. The van der Waals surface area contributed by atoms with Crippen LogP contribution in [-0.4, -0.2) is 37.6 Å². The summed E-state index contributed by atoms with van der Waals surface area (Å²) in [6.45, 7) is 4.96. The Morgan fingerprint density at radius 3 is 1.69 bits per heavy atom. The second-order valence-corrected chi connectivity index (χ2v) is 3.88. The van der Waals surface area contributed by atoms with Crippen LogP contribution in [0.15, 0.2) is 24.7 Å². The molecule has 0 aromatic heterocycles. The molecule has 4 atom stereocenters. The number of rotatable bonds is 4. The van der Waals surface area contributed by atoms with Crippen molar-refractivity contribution >= 4 is 0 Å². The van der Waals surface area contributed by atoms with Gasteiger partial charge in [0.1, 0.15) is 24.4 Å². The lowest BCUT2D eigenvalue weighted by Crippen LogP contribution is -2.32. The maximum atomic E-state index is 5.65. The van der Waals surface area contributed by atoms with Gasteiger partial charge in [-0.05, 0) is 13.8 Å². The van der Waals surface area contributed by atoms with Crippen LogP contribution in [0.25, 0.3) is 0 Å². The average molecular weight is 226 g/mol. The summed E-state index contributed by atoms with van der Waals surface area (Å²) >= 11 is 0. The van der Waals surface area contributed by atoms with E-state index in [2.05, 4.69) is 0 Å². The topological polar surface area (TPSA) is 36.9 Å². The van der Waals surface area contributed by atoms with Crippen LogP contribution in [-0.2, 0) is 18.9 Å². The summed E-state index contributed by atoms with van der Waals surface area (Å²) in [6, 6.07) is 0. The molecule has 0 saturated carbocycles. The number of allylic oxidation sites excluding steroid dienone is 2. The van der Waals surface area contributed by atoms with Gasteiger partial charge in [-0.1, -0.05) is 12.2 Å². The lowest BCUT2D eigenvalue weighted by molar-refractivity contribution is -0.00781. The molecule has 2 heterocycles. The summed E-state index contributed by atoms with van der Waals surface area (Å²) in [7, 11) is 0. The lowest BCUT2D eigenvalue weighted by atomic mass is 10.1. The van der Waals surface area contributed by atoms with Gasteiger partial charge in [0.15, 0.2) is 0 Å². The maximum absolute atomic E-state index is 5.65. The Labute approximate surface area is 95.8 Å². The van der Waals surface area contributed by atoms with Gasteiger partial charge in [-0.15, -0.1) is 0 Å². The minimum Gasteiger partial charge on any atom is -0.493 e. The molecule has 2 saturated heterocycles. The number of hydrogen-bond acceptors (Lipinski definition) is 4. The molecule has 0 bridgehead atoms. The molecule has 90 valence electrons. The Hall–Kier alpha value is -1.00. The summed E-state index contributed by atoms with van der Waals surface area (Å²) in [5, 5.41) is 0. The largest absolute Gasteiger partial charge is 0.493 e. The Morgan fingerprint density at radius 2 is 1.31 bits per heavy atom. The van der Waals surface area contributed by atoms with Crippen LogP contribution < -0.4 is 0 Å². The molecule has 0 aromatic carbocycles. The highest BCUT2D eigenvalue weighted by Crippen LogP contribution is 2.30. The van der Waals surface area contributed by atoms with E-state index in [-0.39, 0.29) is 24.4 Å². The molecule has 16 heavy (non-hydrogen) atoms. The minimum absolute atomic E-state index is 0.00791. The lowest BCUT2D eigenvalue weighted by Gasteiger charge is -2.15. The van der Waals surface area contributed by atoms with Gasteiger partial charge in [-0.3, -0.25) is 0 Å². The molecule has 4 heteroatoms. The van der Waals surface area contributed by atoms with E-state index in [1.165, 1.54) is 0 Å². The highest BCUT2D eigenvalue weighted by Gasteiger charge is 2.49. The van der Waals surface area contributed by atoms with Crippen LogP contribution in [0.1, 0.15) is 13.8 Å². The van der Waals surface area contributed by atoms with E-state index in [4.69, 9.17) is 18.9 Å². The fourth-order valence-electron chi connectivity index (χ4n) is 2.02. The Morgan fingerprint density at radius 1 is 0.875 bits per heavy atom. The molecule has 2 fully saturated rings. The van der Waals surface area contributed by atoms with Gasteiger partial charge in [0, 0.05) is 0 Å². The zero-order chi connectivity index (χ0) is 11.4. The fraction of sp³-hybridized carbons (Fsp3) is 0.667. The quantitative estimate of drug-likeness (QED) is 0.683. The summed E-state index contributed by atoms with van der Waals surface area (Å²) < 4.78 is 22.3. The van der Waals surface area contributed by atoms with Gasteiger partial charge in [0.05, 0.1) is 25.7 Å². The van der Waals surface area contributed by atoms with E-state index in [9.17, 15) is 0 Å². The first-order chi connectivity index (χ1) is 7.86. The van der Waals surface area contributed by atoms with Crippen molar-refractivity contribution in [3.05, 3.63) is 24.7 Å². The summed E-state index contributed by atoms with van der Waals surface area (Å²) in [5.41, 5.74) is 0. The molecular formula is C12H18O4. The molecule has 2 aliphatic heterocycles. The van der Waals surface area contributed by atoms with Crippen molar-refractivity contribution < 1.29 is 18.9 Å². The van der Waals surface area contributed by atoms with Gasteiger partial charge < -0.3 is 18.9 Å². The number of ether oxygens (including phenoxy) is 4. The van der Waals surface area contributed by atoms with Crippen molar-refractivity contribution in [1.29, 1.82) is 0 Å². The SMILES string of the molecule is CC=COC1COC2C(OC=CC)COC12. The molecule has 0 aliphatic carbocycles. The molecule has 0 amide bonds. The van der Waals surface area contributed by atoms with Crippen molar-refractivity contribution in [1.82, 2.24) is 0 Å². The third-order valence-corrected chi connectivity index (χ3v) is 2.74. The standard InChI is InChI=1S/C12H18O4/c1-3-5-13-9-7-15-12-10(14-6-4-2)8-16-11(9)12/h3-6,9-12H,7-8H2,1-2H3. The third-order valence-electron chi connectivity index (χ3n) is 2.74. The smallest absolute Gasteiger partial charge is 0.150 e. The molecule has 4 unspecified atom stereocenters. The van der Waals surface area contributed by atoms with Crippen molar-refractivity contribution in [2.24, 2.45) is 0 Å². The monoisotopic (exact) mass is 226 g/mol. The summed E-state index contributed by atoms with van der Waals surface area (Å²) in [4.78, 5) is 0. The van der Waals surface area contributed by atoms with Crippen molar-refractivity contribution in [3.8, 4) is 0 Å². The highest BCUT2D eigenvalue weighted by molar-refractivity contribution is 4.97. The molecule has 0 spiro atoms. The number of fused-ring (bicyclic) bond motifs is 1. The zero-order valence-corrected chi connectivity index (χ0v) is 9.67. The Bertz CT molecular complexity index is 246. The van der Waals surface area contributed by atoms with E-state index in [0.29, 0.717) is 13.2 Å². The van der Waals surface area contributed by atoms with E-state index in [0.717, 1.165) is 0 Å². The Balaban J connectivity index is 1.90. The first-order valence-electron chi connectivity index (χ1n) is 5.63. The second-order valence-electron chi connectivity index (χ2n) is 3.88. The summed E-state index contributed by atoms with van der Waals surface area (Å²) in [5.74, 6) is 0. The summed E-state index contributed by atoms with van der Waals surface area (Å²) in [6.07, 6.45) is 7.03. The highest BCUT2D eigenvalue weighted by atomic mass is 16.6. The van der Waals surface area contributed by atoms with Crippen molar-refractivity contribution in [2.45, 2.75) is 38.3 Å². The predicted molar refractivity (Wildman–Crippen MR) is 58.9 cm³/mol. The van der Waals surface area contributed by atoms with E-state index < -0.39 is 0 Å². The van der Waals surface area contributed by atoms with Crippen LogP contribution in [0.3, 0.4) is 0 Å². The predicted octanol–water partition coefficient (Wildman–Crippen LogP) is 1.62. The first-order valence-corrected chi connectivity index (χ1v) is 5.63. The average Bonchev–Trinajstić information content (AvgIpc) is 2.86. The third kappa shape index (κ3) is 2.23. The van der Waals surface area contributed by atoms with Gasteiger partial charge in [-0.25, -0.2) is 0 Å². The van der Waals surface area contributed by atoms with Gasteiger partial charge >= 0.3 is 0 Å². The van der Waals surface area contributed by atoms with Crippen LogP contribution in [0, 0.1) is 0 Å². The normalized spacial score (nSPS) is 38.4. The molecule has 2 rings (SSSR count). The molecule has 0 N–H and O–H groups in total. The van der Waals surface area contributed by atoms with Crippen LogP contribution in [0.2, 0.25) is 0 Å². The first kappa shape index (κ1) is 11.5. The molecule has 0 aromatic rings. The van der Waals surface area contributed by atoms with E-state index in [1.54, 1.807) is 12.5 Å². The molecule has 2 aliphatic rings. The molecule has 4 nitrogen and oxygen atoms in total. The van der Waals surface area contributed by atoms with Crippen LogP contribution in [0.5, 0.6) is 0 Å². The van der Waals surface area contributed by atoms with E-state index in [1.807, 2.05) is 26.0 Å². The Kier molecular flexibility index (Phi) is 3.85. The zero-order valence-electron chi connectivity index (χ0n) is 9.67. The molecule has 0 radical (unpaired) electrons. The van der Waals surface area contributed by atoms with Crippen LogP contribution >= 0.6 is 0 Å². The van der Waals surface area contributed by atoms with Crippen molar-refractivity contribution in [2.75, 3.05) is 13.2 Å². The fourth-order valence-corrected chi connectivity index (χ4v) is 2.02. The molecular weight excluding hydrogens is 208 g/mol. The number of hydrogen-bond donors (Lipinski definition) is 0. The second kappa shape index (κ2) is 5.37. The van der Waals surface area contributed by atoms with Crippen molar-refractivity contribution in [3.63, 3.8) is 0 Å². The van der Waals surface area contributed by atoms with Crippen LogP contribution in [0.4, 0.5) is 0 Å². The van der Waals surface area contributed by atoms with Gasteiger partial charge in [-0.2, -0.15) is 0 Å².